The Kier molecular flexibility index (Phi) is 3.93. The summed E-state index contributed by atoms with van der Waals surface area (Å²) in [6, 6.07) is 8.83. The van der Waals surface area contributed by atoms with Crippen molar-refractivity contribution < 1.29 is 4.74 Å². The van der Waals surface area contributed by atoms with E-state index in [-0.39, 0.29) is 0 Å². The van der Waals surface area contributed by atoms with Crippen LogP contribution in [0.5, 0.6) is 0 Å². The molecule has 1 fully saturated rings. The second-order valence-electron chi connectivity index (χ2n) is 5.28. The molecule has 0 saturated carbocycles. The maximum absolute atomic E-state index is 5.75. The largest absolute Gasteiger partial charge is 0.376 e. The average molecular weight is 246 g/mol. The van der Waals surface area contributed by atoms with Crippen molar-refractivity contribution in [3.63, 3.8) is 0 Å². The first kappa shape index (κ1) is 12.2. The zero-order valence-electron chi connectivity index (χ0n) is 10.9. The third-order valence-corrected chi connectivity index (χ3v) is 3.98. The Bertz CT molecular complexity index is 388. The number of nitrogens with zero attached hydrogens (tertiary/aromatic N) is 1. The maximum atomic E-state index is 5.75. The number of nitrogens with one attached hydrogen (secondary N) is 1. The summed E-state index contributed by atoms with van der Waals surface area (Å²) in [4.78, 5) is 2.56. The molecule has 3 heteroatoms. The Morgan fingerprint density at radius 3 is 3.00 bits per heavy atom. The summed E-state index contributed by atoms with van der Waals surface area (Å²) in [5.74, 6) is 0. The fourth-order valence-electron chi connectivity index (χ4n) is 2.88. The third kappa shape index (κ3) is 2.91. The van der Waals surface area contributed by atoms with Crippen LogP contribution in [0.1, 0.15) is 17.5 Å². The molecule has 1 aromatic carbocycles. The average Bonchev–Trinajstić information content (AvgIpc) is 2.46. The smallest absolute Gasteiger partial charge is 0.0712 e. The van der Waals surface area contributed by atoms with E-state index in [4.69, 9.17) is 4.74 Å². The monoisotopic (exact) mass is 246 g/mol. The van der Waals surface area contributed by atoms with Gasteiger partial charge in [-0.05, 0) is 24.0 Å². The van der Waals surface area contributed by atoms with Crippen LogP contribution in [0.4, 0.5) is 0 Å². The van der Waals surface area contributed by atoms with Crippen molar-refractivity contribution in [3.8, 4) is 0 Å². The molecule has 0 radical (unpaired) electrons. The van der Waals surface area contributed by atoms with E-state index in [1.165, 1.54) is 24.1 Å². The van der Waals surface area contributed by atoms with Crippen molar-refractivity contribution in [2.75, 3.05) is 32.8 Å². The molecule has 3 nitrogen and oxygen atoms in total. The number of rotatable bonds is 3. The van der Waals surface area contributed by atoms with Gasteiger partial charge in [0.25, 0.3) is 0 Å². The topological polar surface area (TPSA) is 24.5 Å². The van der Waals surface area contributed by atoms with Crippen LogP contribution in [0, 0.1) is 0 Å². The van der Waals surface area contributed by atoms with Gasteiger partial charge in [-0.15, -0.1) is 0 Å². The first-order valence-electron chi connectivity index (χ1n) is 7.03. The lowest BCUT2D eigenvalue weighted by molar-refractivity contribution is 0.0166. The van der Waals surface area contributed by atoms with E-state index in [0.29, 0.717) is 6.10 Å². The van der Waals surface area contributed by atoms with Gasteiger partial charge in [-0.3, -0.25) is 4.90 Å². The molecule has 1 aromatic rings. The Morgan fingerprint density at radius 1 is 1.28 bits per heavy atom. The fourth-order valence-corrected chi connectivity index (χ4v) is 2.88. The van der Waals surface area contributed by atoms with Crippen LogP contribution in [0.25, 0.3) is 0 Å². The molecule has 18 heavy (non-hydrogen) atoms. The van der Waals surface area contributed by atoms with Crippen LogP contribution >= 0.6 is 0 Å². The van der Waals surface area contributed by atoms with Gasteiger partial charge < -0.3 is 10.1 Å². The summed E-state index contributed by atoms with van der Waals surface area (Å²) in [6.45, 7) is 6.35. The van der Waals surface area contributed by atoms with Crippen molar-refractivity contribution in [2.45, 2.75) is 25.5 Å². The Hall–Kier alpha value is -0.900. The molecule has 1 N–H and O–H groups in total. The van der Waals surface area contributed by atoms with Gasteiger partial charge in [0.1, 0.15) is 0 Å². The normalized spacial score (nSPS) is 24.8. The van der Waals surface area contributed by atoms with Crippen molar-refractivity contribution >= 4 is 0 Å². The van der Waals surface area contributed by atoms with E-state index in [0.717, 1.165) is 39.2 Å². The first-order chi connectivity index (χ1) is 8.92. The van der Waals surface area contributed by atoms with Crippen LogP contribution < -0.4 is 5.32 Å². The Labute approximate surface area is 109 Å². The lowest BCUT2D eigenvalue weighted by Crippen LogP contribution is -2.41. The predicted octanol–water partition coefficient (Wildman–Crippen LogP) is 1.42. The maximum Gasteiger partial charge on any atom is 0.0712 e. The molecule has 2 heterocycles. The summed E-state index contributed by atoms with van der Waals surface area (Å²) < 4.78 is 5.75. The first-order valence-corrected chi connectivity index (χ1v) is 7.03. The molecule has 0 aliphatic carbocycles. The van der Waals surface area contributed by atoms with Gasteiger partial charge in [0, 0.05) is 32.7 Å². The van der Waals surface area contributed by atoms with Crippen LogP contribution in [0.2, 0.25) is 0 Å². The Morgan fingerprint density at radius 2 is 2.17 bits per heavy atom. The minimum absolute atomic E-state index is 0.413. The highest BCUT2D eigenvalue weighted by Crippen LogP contribution is 2.18. The minimum Gasteiger partial charge on any atom is -0.376 e. The second-order valence-corrected chi connectivity index (χ2v) is 5.28. The lowest BCUT2D eigenvalue weighted by Gasteiger charge is -2.31. The number of hydrogen-bond donors (Lipinski definition) is 1. The summed E-state index contributed by atoms with van der Waals surface area (Å²) in [5.41, 5.74) is 3.04. The fraction of sp³-hybridized carbons (Fsp3) is 0.600. The van der Waals surface area contributed by atoms with E-state index in [9.17, 15) is 0 Å². The number of morpholine rings is 1. The molecule has 1 unspecified atom stereocenters. The van der Waals surface area contributed by atoms with Crippen LogP contribution in [-0.4, -0.2) is 43.8 Å². The highest BCUT2D eigenvalue weighted by Gasteiger charge is 2.18. The number of hydrogen-bond acceptors (Lipinski definition) is 3. The summed E-state index contributed by atoms with van der Waals surface area (Å²) >= 11 is 0. The number of ether oxygens (including phenoxy) is 1. The molecule has 98 valence electrons. The molecule has 3 rings (SSSR count). The molecule has 0 aromatic heterocycles. The van der Waals surface area contributed by atoms with Crippen molar-refractivity contribution in [1.82, 2.24) is 10.2 Å². The zero-order valence-corrected chi connectivity index (χ0v) is 10.9. The second kappa shape index (κ2) is 5.83. The molecule has 2 aliphatic rings. The quantitative estimate of drug-likeness (QED) is 0.873. The van der Waals surface area contributed by atoms with Crippen LogP contribution in [-0.2, 0) is 17.7 Å². The molecule has 0 spiro atoms. The molecule has 2 aliphatic heterocycles. The molecule has 0 amide bonds. The van der Waals surface area contributed by atoms with Gasteiger partial charge in [0.2, 0.25) is 0 Å². The van der Waals surface area contributed by atoms with Crippen molar-refractivity contribution in [1.29, 1.82) is 0 Å². The summed E-state index contributed by atoms with van der Waals surface area (Å²) in [6.07, 6.45) is 2.76. The van der Waals surface area contributed by atoms with E-state index in [2.05, 4.69) is 34.5 Å². The van der Waals surface area contributed by atoms with Gasteiger partial charge in [0.05, 0.1) is 12.7 Å². The third-order valence-electron chi connectivity index (χ3n) is 3.98. The molecule has 1 atom stereocenters. The van der Waals surface area contributed by atoms with Crippen LogP contribution in [0.15, 0.2) is 24.3 Å². The molecular weight excluding hydrogens is 224 g/mol. The molecular formula is C15H22N2O. The highest BCUT2D eigenvalue weighted by molar-refractivity contribution is 5.28. The van der Waals surface area contributed by atoms with Gasteiger partial charge >= 0.3 is 0 Å². The SMILES string of the molecule is c1ccc2c(c1)CCN(CCC1CNCCO1)C2. The van der Waals surface area contributed by atoms with Crippen molar-refractivity contribution in [3.05, 3.63) is 35.4 Å². The van der Waals surface area contributed by atoms with E-state index in [1.54, 1.807) is 0 Å². The van der Waals surface area contributed by atoms with Crippen molar-refractivity contribution in [2.24, 2.45) is 0 Å². The lowest BCUT2D eigenvalue weighted by atomic mass is 9.99. The van der Waals surface area contributed by atoms with Crippen LogP contribution in [0.3, 0.4) is 0 Å². The summed E-state index contributed by atoms with van der Waals surface area (Å²) in [5, 5.41) is 3.39. The van der Waals surface area contributed by atoms with E-state index in [1.807, 2.05) is 0 Å². The predicted molar refractivity (Wildman–Crippen MR) is 72.6 cm³/mol. The zero-order chi connectivity index (χ0) is 12.2. The highest BCUT2D eigenvalue weighted by atomic mass is 16.5. The number of fused-ring (bicyclic) bond motifs is 1. The number of benzene rings is 1. The van der Waals surface area contributed by atoms with E-state index < -0.39 is 0 Å². The molecule has 0 bridgehead atoms. The minimum atomic E-state index is 0.413. The standard InChI is InChI=1S/C15H22N2O/c1-2-4-14-12-17(8-5-13(14)3-1)9-6-15-11-16-7-10-18-15/h1-4,15-16H,5-12H2. The van der Waals surface area contributed by atoms with E-state index >= 15 is 0 Å². The molecule has 1 saturated heterocycles. The van der Waals surface area contributed by atoms with Gasteiger partial charge in [0.15, 0.2) is 0 Å². The Balaban J connectivity index is 1.50. The summed E-state index contributed by atoms with van der Waals surface area (Å²) in [7, 11) is 0. The van der Waals surface area contributed by atoms with Gasteiger partial charge in [-0.2, -0.15) is 0 Å². The van der Waals surface area contributed by atoms with Gasteiger partial charge in [-0.25, -0.2) is 0 Å². The van der Waals surface area contributed by atoms with Gasteiger partial charge in [-0.1, -0.05) is 24.3 Å².